The van der Waals surface area contributed by atoms with Gasteiger partial charge < -0.3 is 26.2 Å². The van der Waals surface area contributed by atoms with Crippen LogP contribution in [0.4, 0.5) is 13.2 Å². The van der Waals surface area contributed by atoms with Crippen molar-refractivity contribution in [1.29, 1.82) is 0 Å². The van der Waals surface area contributed by atoms with E-state index >= 15 is 0 Å². The highest BCUT2D eigenvalue weighted by atomic mass is 32.2. The first-order valence-electron chi connectivity index (χ1n) is 12.6. The molecule has 0 aliphatic carbocycles. The fourth-order valence-corrected chi connectivity index (χ4v) is 5.15. The van der Waals surface area contributed by atoms with E-state index < -0.39 is 39.7 Å². The molecule has 1 aliphatic heterocycles. The second kappa shape index (κ2) is 14.0. The molecule has 0 saturated heterocycles. The smallest absolute Gasteiger partial charge is 0.478 e. The van der Waals surface area contributed by atoms with E-state index in [1.807, 2.05) is 0 Å². The van der Waals surface area contributed by atoms with Gasteiger partial charge in [-0.1, -0.05) is 18.2 Å². The molecule has 43 heavy (non-hydrogen) atoms. The summed E-state index contributed by atoms with van der Waals surface area (Å²) in [6.07, 6.45) is -2.93. The fraction of sp³-hybridized carbons (Fsp3) is 0.320. The first-order valence-corrected chi connectivity index (χ1v) is 14.1. The average molecular weight is 628 g/mol. The Morgan fingerprint density at radius 3 is 2.30 bits per heavy atom. The Kier molecular flexibility index (Phi) is 10.7. The Morgan fingerprint density at radius 2 is 1.70 bits per heavy atom. The minimum Gasteiger partial charge on any atom is -0.478 e. The Labute approximate surface area is 242 Å². The fourth-order valence-electron chi connectivity index (χ4n) is 3.82. The van der Waals surface area contributed by atoms with E-state index in [4.69, 9.17) is 9.90 Å². The third kappa shape index (κ3) is 9.14. The zero-order valence-corrected chi connectivity index (χ0v) is 23.1. The number of carbonyl (C=O) groups is 3. The number of aliphatic imine (C=N–C) groups is 1. The summed E-state index contributed by atoms with van der Waals surface area (Å²) in [5.74, 6) is -4.34. The number of carboxylic acid groups (broad SMARTS) is 2. The van der Waals surface area contributed by atoms with Crippen molar-refractivity contribution < 1.29 is 46.2 Å². The number of amides is 1. The number of halogens is 3. The summed E-state index contributed by atoms with van der Waals surface area (Å²) in [5.41, 5.74) is -1.41. The third-order valence-corrected chi connectivity index (χ3v) is 7.45. The summed E-state index contributed by atoms with van der Waals surface area (Å²) in [7, 11) is -4.28. The van der Waals surface area contributed by atoms with E-state index in [0.29, 0.717) is 42.8 Å². The molecule has 0 radical (unpaired) electrons. The number of hydrogen-bond donors (Lipinski definition) is 7. The third-order valence-electron chi connectivity index (χ3n) is 5.94. The van der Waals surface area contributed by atoms with Crippen LogP contribution in [-0.2, 0) is 19.6 Å². The van der Waals surface area contributed by atoms with Crippen LogP contribution < -0.4 is 20.7 Å². The molecule has 18 heteroatoms. The number of hydrogen-bond acceptors (Lipinski definition) is 9. The number of aromatic nitrogens is 2. The maximum absolute atomic E-state index is 13.1. The van der Waals surface area contributed by atoms with Gasteiger partial charge in [-0.3, -0.25) is 14.9 Å². The number of sulfonamides is 1. The zero-order valence-electron chi connectivity index (χ0n) is 22.3. The van der Waals surface area contributed by atoms with Crippen LogP contribution in [0.2, 0.25) is 0 Å². The van der Waals surface area contributed by atoms with E-state index in [1.165, 1.54) is 36.5 Å². The van der Waals surface area contributed by atoms with Gasteiger partial charge in [0.25, 0.3) is 5.91 Å². The van der Waals surface area contributed by atoms with Crippen LogP contribution in [0.1, 0.15) is 29.6 Å². The molecule has 0 saturated carbocycles. The maximum Gasteiger partial charge on any atom is 0.490 e. The SMILES string of the molecule is O=C(N[C@@](CCCCNC1=NCCN1)(NS(=O)(=O)c1ccccc1)C(=O)O)c1ccc2[nH]ncc2c1.O=C(O)C(F)(F)F. The van der Waals surface area contributed by atoms with Crippen molar-refractivity contribution in [3.05, 3.63) is 60.3 Å². The van der Waals surface area contributed by atoms with Gasteiger partial charge in [-0.25, -0.2) is 18.0 Å². The molecule has 2 aromatic carbocycles. The van der Waals surface area contributed by atoms with Crippen molar-refractivity contribution in [2.75, 3.05) is 19.6 Å². The lowest BCUT2D eigenvalue weighted by Gasteiger charge is -2.31. The molecule has 0 fully saturated rings. The standard InChI is InChI=1S/C23H27N7O5S.C2HF3O2/c31-20(16-8-9-19-17(14-16)15-27-29-19)28-23(21(32)33,10-4-5-11-24-22-25-12-13-26-22)30-36(34,35)18-6-2-1-3-7-18;3-2(4,5)1(6)7/h1-3,6-9,14-15,30H,4-5,10-13H2,(H,27,29)(H,28,31)(H,32,33)(H2,24,25,26);(H,6,7)/t23-;/m0./s1. The van der Waals surface area contributed by atoms with Crippen molar-refractivity contribution in [2.24, 2.45) is 4.99 Å². The maximum atomic E-state index is 13.1. The molecule has 0 unspecified atom stereocenters. The van der Waals surface area contributed by atoms with Crippen LogP contribution in [0.3, 0.4) is 0 Å². The van der Waals surface area contributed by atoms with Crippen molar-refractivity contribution in [3.8, 4) is 0 Å². The van der Waals surface area contributed by atoms with Gasteiger partial charge in [0.2, 0.25) is 15.7 Å². The topological polar surface area (TPSA) is 215 Å². The number of H-pyrrole nitrogens is 1. The summed E-state index contributed by atoms with van der Waals surface area (Å²) in [6, 6.07) is 12.1. The van der Waals surface area contributed by atoms with Crippen molar-refractivity contribution >= 4 is 44.7 Å². The lowest BCUT2D eigenvalue weighted by atomic mass is 10.0. The largest absolute Gasteiger partial charge is 0.490 e. The molecule has 1 aromatic heterocycles. The Balaban J connectivity index is 0.000000646. The number of unbranched alkanes of at least 4 members (excludes halogenated alkanes) is 1. The van der Waals surface area contributed by atoms with Gasteiger partial charge in [-0.2, -0.15) is 23.0 Å². The van der Waals surface area contributed by atoms with Gasteiger partial charge in [0, 0.05) is 24.0 Å². The number of rotatable bonds is 11. The van der Waals surface area contributed by atoms with Crippen LogP contribution in [0.5, 0.6) is 0 Å². The number of benzene rings is 2. The highest BCUT2D eigenvalue weighted by Gasteiger charge is 2.44. The van der Waals surface area contributed by atoms with E-state index in [9.17, 15) is 36.3 Å². The van der Waals surface area contributed by atoms with Gasteiger partial charge in [0.05, 0.1) is 23.2 Å². The number of carboxylic acids is 2. The Hall–Kier alpha value is -4.71. The molecule has 0 spiro atoms. The monoisotopic (exact) mass is 627 g/mol. The summed E-state index contributed by atoms with van der Waals surface area (Å²) >= 11 is 0. The molecule has 0 bridgehead atoms. The molecule has 2 heterocycles. The van der Waals surface area contributed by atoms with Crippen molar-refractivity contribution in [3.63, 3.8) is 0 Å². The molecule has 1 atom stereocenters. The lowest BCUT2D eigenvalue weighted by Crippen LogP contribution is -2.65. The number of carbonyl (C=O) groups excluding carboxylic acids is 1. The van der Waals surface area contributed by atoms with Gasteiger partial charge in [-0.15, -0.1) is 0 Å². The van der Waals surface area contributed by atoms with E-state index in [0.717, 1.165) is 6.54 Å². The van der Waals surface area contributed by atoms with Gasteiger partial charge in [0.1, 0.15) is 0 Å². The molecule has 4 rings (SSSR count). The summed E-state index contributed by atoms with van der Waals surface area (Å²) in [6.45, 7) is 1.93. The van der Waals surface area contributed by atoms with Crippen molar-refractivity contribution in [2.45, 2.75) is 36.0 Å². The number of nitrogens with zero attached hydrogens (tertiary/aromatic N) is 2. The molecule has 1 aliphatic rings. The van der Waals surface area contributed by atoms with Crippen molar-refractivity contribution in [1.82, 2.24) is 30.9 Å². The molecule has 7 N–H and O–H groups in total. The van der Waals surface area contributed by atoms with Crippen LogP contribution in [0.25, 0.3) is 10.9 Å². The predicted octanol–water partition coefficient (Wildman–Crippen LogP) is 1.40. The highest BCUT2D eigenvalue weighted by Crippen LogP contribution is 2.20. The average Bonchev–Trinajstić information content (AvgIpc) is 3.64. The molecular formula is C25H28F3N7O7S. The number of guanidine groups is 1. The van der Waals surface area contributed by atoms with Gasteiger partial charge in [0.15, 0.2) is 5.96 Å². The number of aromatic amines is 1. The zero-order chi connectivity index (χ0) is 31.7. The minimum absolute atomic E-state index is 0.114. The molecular weight excluding hydrogens is 599 g/mol. The number of alkyl halides is 3. The second-order valence-electron chi connectivity index (χ2n) is 9.10. The lowest BCUT2D eigenvalue weighted by molar-refractivity contribution is -0.192. The van der Waals surface area contributed by atoms with E-state index in [2.05, 4.69) is 35.9 Å². The Morgan fingerprint density at radius 1 is 1.00 bits per heavy atom. The second-order valence-corrected chi connectivity index (χ2v) is 10.8. The van der Waals surface area contributed by atoms with Crippen LogP contribution in [0, 0.1) is 0 Å². The first-order chi connectivity index (χ1) is 20.2. The number of fused-ring (bicyclic) bond motifs is 1. The predicted molar refractivity (Wildman–Crippen MR) is 147 cm³/mol. The number of aliphatic carboxylic acids is 2. The van der Waals surface area contributed by atoms with Crippen LogP contribution >= 0.6 is 0 Å². The summed E-state index contributed by atoms with van der Waals surface area (Å²) < 4.78 is 60.2. The van der Waals surface area contributed by atoms with Crippen LogP contribution in [0.15, 0.2) is 64.6 Å². The molecule has 1 amide bonds. The summed E-state index contributed by atoms with van der Waals surface area (Å²) in [4.78, 5) is 38.7. The van der Waals surface area contributed by atoms with Crippen LogP contribution in [-0.4, -0.2) is 84.1 Å². The van der Waals surface area contributed by atoms with Gasteiger partial charge >= 0.3 is 18.1 Å². The molecule has 232 valence electrons. The minimum atomic E-state index is -5.08. The molecule has 14 nitrogen and oxygen atoms in total. The number of nitrogens with one attached hydrogen (secondary N) is 5. The van der Waals surface area contributed by atoms with Gasteiger partial charge in [-0.05, 0) is 49.6 Å². The highest BCUT2D eigenvalue weighted by molar-refractivity contribution is 7.89. The first kappa shape index (κ1) is 32.8. The van der Waals surface area contributed by atoms with E-state index in [1.54, 1.807) is 18.2 Å². The van der Waals surface area contributed by atoms with E-state index in [-0.39, 0.29) is 16.9 Å². The Bertz CT molecular complexity index is 1580. The summed E-state index contributed by atoms with van der Waals surface area (Å²) in [5, 5.41) is 33.3. The quantitative estimate of drug-likeness (QED) is 0.120. The molecule has 3 aromatic rings. The normalized spacial score (nSPS) is 14.4.